The average Bonchev–Trinajstić information content (AvgIpc) is 2.84. The standard InChI is InChI=1S/C13H24N4OS/c1-17-8-6-13(7-9-17,11(14)19)16-12(18)15-10-4-2-3-5-10/h10H,2-9H2,1H3,(H2,14,19)(H2,15,16,18). The highest BCUT2D eigenvalue weighted by Gasteiger charge is 2.38. The predicted molar refractivity (Wildman–Crippen MR) is 80.2 cm³/mol. The first-order valence-corrected chi connectivity index (χ1v) is 7.50. The second-order valence-electron chi connectivity index (χ2n) is 5.83. The molecule has 0 spiro atoms. The third-order valence-electron chi connectivity index (χ3n) is 4.36. The number of hydrogen-bond acceptors (Lipinski definition) is 3. The van der Waals surface area contributed by atoms with Crippen molar-refractivity contribution in [1.82, 2.24) is 15.5 Å². The van der Waals surface area contributed by atoms with Crippen molar-refractivity contribution in [2.45, 2.75) is 50.1 Å². The summed E-state index contributed by atoms with van der Waals surface area (Å²) in [6.45, 7) is 1.81. The lowest BCUT2D eigenvalue weighted by Gasteiger charge is -2.40. The molecular formula is C13H24N4OS. The number of piperidine rings is 1. The van der Waals surface area contributed by atoms with E-state index in [1.54, 1.807) is 0 Å². The Labute approximate surface area is 120 Å². The molecule has 0 unspecified atom stereocenters. The van der Waals surface area contributed by atoms with Gasteiger partial charge < -0.3 is 21.3 Å². The Morgan fingerprint density at radius 3 is 2.42 bits per heavy atom. The lowest BCUT2D eigenvalue weighted by molar-refractivity contribution is 0.192. The van der Waals surface area contributed by atoms with Gasteiger partial charge >= 0.3 is 6.03 Å². The summed E-state index contributed by atoms with van der Waals surface area (Å²) in [6.07, 6.45) is 6.15. The van der Waals surface area contributed by atoms with E-state index in [0.717, 1.165) is 38.8 Å². The Kier molecular flexibility index (Phi) is 4.62. The number of hydrogen-bond donors (Lipinski definition) is 3. The number of nitrogens with zero attached hydrogens (tertiary/aromatic N) is 1. The maximum Gasteiger partial charge on any atom is 0.315 e. The van der Waals surface area contributed by atoms with E-state index in [2.05, 4.69) is 22.6 Å². The van der Waals surface area contributed by atoms with Crippen molar-refractivity contribution in [1.29, 1.82) is 0 Å². The van der Waals surface area contributed by atoms with Crippen LogP contribution in [0.1, 0.15) is 38.5 Å². The van der Waals surface area contributed by atoms with Crippen LogP contribution in [0.25, 0.3) is 0 Å². The van der Waals surface area contributed by atoms with Crippen molar-refractivity contribution in [3.63, 3.8) is 0 Å². The van der Waals surface area contributed by atoms with E-state index in [-0.39, 0.29) is 6.03 Å². The van der Waals surface area contributed by atoms with E-state index in [1.165, 1.54) is 12.8 Å². The molecule has 5 nitrogen and oxygen atoms in total. The first-order valence-electron chi connectivity index (χ1n) is 7.09. The van der Waals surface area contributed by atoms with E-state index < -0.39 is 5.54 Å². The summed E-state index contributed by atoms with van der Waals surface area (Å²) in [4.78, 5) is 14.7. The Balaban J connectivity index is 1.92. The molecule has 0 aromatic rings. The van der Waals surface area contributed by atoms with Gasteiger partial charge in [-0.1, -0.05) is 25.1 Å². The molecular weight excluding hydrogens is 260 g/mol. The molecule has 19 heavy (non-hydrogen) atoms. The molecule has 0 aromatic heterocycles. The van der Waals surface area contributed by atoms with Gasteiger partial charge in [-0.3, -0.25) is 0 Å². The Hall–Kier alpha value is -0.880. The molecule has 0 aromatic carbocycles. The van der Waals surface area contributed by atoms with E-state index in [4.69, 9.17) is 18.0 Å². The molecule has 1 aliphatic carbocycles. The van der Waals surface area contributed by atoms with Crippen LogP contribution in [-0.2, 0) is 0 Å². The number of rotatable bonds is 3. The summed E-state index contributed by atoms with van der Waals surface area (Å²) in [5.41, 5.74) is 5.37. The van der Waals surface area contributed by atoms with Crippen LogP contribution in [0.15, 0.2) is 0 Å². The molecule has 108 valence electrons. The van der Waals surface area contributed by atoms with Crippen LogP contribution < -0.4 is 16.4 Å². The SMILES string of the molecule is CN1CCC(NC(=O)NC2CCCC2)(C(N)=S)CC1. The summed E-state index contributed by atoms with van der Waals surface area (Å²) in [6, 6.07) is 0.193. The van der Waals surface area contributed by atoms with Gasteiger partial charge in [0, 0.05) is 19.1 Å². The number of carbonyl (C=O) groups excluding carboxylic acids is 1. The number of nitrogens with one attached hydrogen (secondary N) is 2. The highest BCUT2D eigenvalue weighted by Crippen LogP contribution is 2.23. The normalized spacial score (nSPS) is 24.1. The quantitative estimate of drug-likeness (QED) is 0.676. The molecule has 0 atom stereocenters. The number of amides is 2. The molecule has 6 heteroatoms. The van der Waals surface area contributed by atoms with Gasteiger partial charge in [-0.25, -0.2) is 4.79 Å². The molecule has 2 fully saturated rings. The maximum atomic E-state index is 12.1. The van der Waals surface area contributed by atoms with Crippen molar-refractivity contribution in [2.75, 3.05) is 20.1 Å². The van der Waals surface area contributed by atoms with Crippen LogP contribution in [0, 0.1) is 0 Å². The molecule has 2 rings (SSSR count). The molecule has 1 saturated carbocycles. The molecule has 1 heterocycles. The first kappa shape index (κ1) is 14.5. The van der Waals surface area contributed by atoms with E-state index in [9.17, 15) is 4.79 Å². The van der Waals surface area contributed by atoms with E-state index >= 15 is 0 Å². The minimum atomic E-state index is -0.509. The van der Waals surface area contributed by atoms with Crippen molar-refractivity contribution in [3.8, 4) is 0 Å². The average molecular weight is 284 g/mol. The van der Waals surface area contributed by atoms with Gasteiger partial charge in [-0.2, -0.15) is 0 Å². The van der Waals surface area contributed by atoms with E-state index in [0.29, 0.717) is 11.0 Å². The maximum absolute atomic E-state index is 12.1. The third kappa shape index (κ3) is 3.57. The zero-order valence-corrected chi connectivity index (χ0v) is 12.4. The fraction of sp³-hybridized carbons (Fsp3) is 0.846. The Morgan fingerprint density at radius 1 is 1.32 bits per heavy atom. The third-order valence-corrected chi connectivity index (χ3v) is 4.75. The smallest absolute Gasteiger partial charge is 0.315 e. The monoisotopic (exact) mass is 284 g/mol. The molecule has 0 radical (unpaired) electrons. The fourth-order valence-electron chi connectivity index (χ4n) is 2.94. The van der Waals surface area contributed by atoms with E-state index in [1.807, 2.05) is 0 Å². The van der Waals surface area contributed by atoms with Crippen molar-refractivity contribution in [3.05, 3.63) is 0 Å². The minimum absolute atomic E-state index is 0.121. The summed E-state index contributed by atoms with van der Waals surface area (Å²) >= 11 is 5.18. The Morgan fingerprint density at radius 2 is 1.89 bits per heavy atom. The first-order chi connectivity index (χ1) is 9.02. The second kappa shape index (κ2) is 6.05. The molecule has 4 N–H and O–H groups in total. The van der Waals surface area contributed by atoms with Crippen molar-refractivity contribution >= 4 is 23.2 Å². The summed E-state index contributed by atoms with van der Waals surface area (Å²) in [7, 11) is 2.07. The summed E-state index contributed by atoms with van der Waals surface area (Å²) in [5.74, 6) is 0. The minimum Gasteiger partial charge on any atom is -0.391 e. The van der Waals surface area contributed by atoms with Crippen molar-refractivity contribution < 1.29 is 4.79 Å². The zero-order chi connectivity index (χ0) is 13.9. The van der Waals surface area contributed by atoms with Crippen LogP contribution in [0.3, 0.4) is 0 Å². The van der Waals surface area contributed by atoms with Crippen LogP contribution in [0.2, 0.25) is 0 Å². The van der Waals surface area contributed by atoms with Gasteiger partial charge in [-0.05, 0) is 32.7 Å². The van der Waals surface area contributed by atoms with Gasteiger partial charge in [0.2, 0.25) is 0 Å². The topological polar surface area (TPSA) is 70.4 Å². The van der Waals surface area contributed by atoms with Gasteiger partial charge in [0.05, 0.1) is 10.5 Å². The molecule has 1 aliphatic heterocycles. The number of urea groups is 1. The summed E-state index contributed by atoms with van der Waals surface area (Å²) in [5, 5.41) is 6.07. The fourth-order valence-corrected chi connectivity index (χ4v) is 3.20. The van der Waals surface area contributed by atoms with Gasteiger partial charge in [-0.15, -0.1) is 0 Å². The van der Waals surface area contributed by atoms with Crippen molar-refractivity contribution in [2.24, 2.45) is 5.73 Å². The van der Waals surface area contributed by atoms with Crippen LogP contribution >= 0.6 is 12.2 Å². The molecule has 2 aliphatic rings. The van der Waals surface area contributed by atoms with Crippen LogP contribution in [0.4, 0.5) is 4.79 Å². The van der Waals surface area contributed by atoms with Crippen LogP contribution in [-0.4, -0.2) is 47.6 Å². The molecule has 1 saturated heterocycles. The lowest BCUT2D eigenvalue weighted by atomic mass is 9.87. The number of nitrogens with two attached hydrogens (primary N) is 1. The number of carbonyl (C=O) groups is 1. The Bertz CT molecular complexity index is 347. The largest absolute Gasteiger partial charge is 0.391 e. The highest BCUT2D eigenvalue weighted by atomic mass is 32.1. The van der Waals surface area contributed by atoms with Gasteiger partial charge in [0.1, 0.15) is 0 Å². The van der Waals surface area contributed by atoms with Gasteiger partial charge in [0.15, 0.2) is 0 Å². The second-order valence-corrected chi connectivity index (χ2v) is 6.27. The predicted octanol–water partition coefficient (Wildman–Crippen LogP) is 0.979. The molecule has 0 bridgehead atoms. The number of thiocarbonyl (C=S) groups is 1. The molecule has 2 amide bonds. The summed E-state index contributed by atoms with van der Waals surface area (Å²) < 4.78 is 0. The zero-order valence-electron chi connectivity index (χ0n) is 11.6. The lowest BCUT2D eigenvalue weighted by Crippen LogP contribution is -2.63. The van der Waals surface area contributed by atoms with Gasteiger partial charge in [0.25, 0.3) is 0 Å². The highest BCUT2D eigenvalue weighted by molar-refractivity contribution is 7.80. The van der Waals surface area contributed by atoms with Crippen LogP contribution in [0.5, 0.6) is 0 Å². The number of likely N-dealkylation sites (tertiary alicyclic amines) is 1.